The highest BCUT2D eigenvalue weighted by Gasteiger charge is 2.18. The van der Waals surface area contributed by atoms with Crippen LogP contribution in [0.5, 0.6) is 0 Å². The predicted molar refractivity (Wildman–Crippen MR) is 62.9 cm³/mol. The number of hydrogen-bond donors (Lipinski definition) is 1. The summed E-state index contributed by atoms with van der Waals surface area (Å²) >= 11 is 0. The zero-order valence-corrected chi connectivity index (χ0v) is 10.1. The summed E-state index contributed by atoms with van der Waals surface area (Å²) in [6.07, 6.45) is 1.68. The van der Waals surface area contributed by atoms with Gasteiger partial charge in [-0.2, -0.15) is 4.98 Å². The van der Waals surface area contributed by atoms with E-state index in [-0.39, 0.29) is 12.3 Å². The highest BCUT2D eigenvalue weighted by molar-refractivity contribution is 5.67. The molecule has 6 heteroatoms. The Morgan fingerprint density at radius 3 is 2.89 bits per heavy atom. The van der Waals surface area contributed by atoms with Gasteiger partial charge in [-0.25, -0.2) is 0 Å². The number of hydrogen-bond acceptors (Lipinski definition) is 5. The van der Waals surface area contributed by atoms with Crippen LogP contribution in [0.3, 0.4) is 0 Å². The molecule has 2 aromatic heterocycles. The van der Waals surface area contributed by atoms with Gasteiger partial charge >= 0.3 is 5.97 Å². The van der Waals surface area contributed by atoms with Gasteiger partial charge < -0.3 is 9.63 Å². The van der Waals surface area contributed by atoms with Crippen LogP contribution in [0.2, 0.25) is 0 Å². The van der Waals surface area contributed by atoms with E-state index in [0.717, 1.165) is 5.56 Å². The van der Waals surface area contributed by atoms with Gasteiger partial charge in [-0.1, -0.05) is 18.1 Å². The third-order valence-electron chi connectivity index (χ3n) is 2.48. The predicted octanol–water partition coefficient (Wildman–Crippen LogP) is 2.02. The van der Waals surface area contributed by atoms with Crippen molar-refractivity contribution in [3.8, 4) is 11.5 Å². The minimum atomic E-state index is -0.893. The van der Waals surface area contributed by atoms with E-state index in [2.05, 4.69) is 15.1 Å². The van der Waals surface area contributed by atoms with Crippen LogP contribution in [0.25, 0.3) is 11.5 Å². The molecule has 0 aromatic carbocycles. The van der Waals surface area contributed by atoms with Crippen molar-refractivity contribution in [2.45, 2.75) is 26.2 Å². The van der Waals surface area contributed by atoms with E-state index in [1.54, 1.807) is 19.2 Å². The second kappa shape index (κ2) is 4.95. The molecule has 0 fully saturated rings. The molecule has 0 radical (unpaired) electrons. The normalized spacial score (nSPS) is 12.3. The van der Waals surface area contributed by atoms with Gasteiger partial charge in [0.2, 0.25) is 11.7 Å². The quantitative estimate of drug-likeness (QED) is 0.888. The lowest BCUT2D eigenvalue weighted by molar-refractivity contribution is -0.137. The van der Waals surface area contributed by atoms with Crippen molar-refractivity contribution in [2.24, 2.45) is 0 Å². The Bertz CT molecular complexity index is 548. The van der Waals surface area contributed by atoms with Crippen LogP contribution in [0.4, 0.5) is 0 Å². The molecule has 1 atom stereocenters. The Balaban J connectivity index is 2.19. The Morgan fingerprint density at radius 1 is 1.50 bits per heavy atom. The fourth-order valence-corrected chi connectivity index (χ4v) is 1.49. The van der Waals surface area contributed by atoms with Gasteiger partial charge in [-0.3, -0.25) is 9.78 Å². The third-order valence-corrected chi connectivity index (χ3v) is 2.48. The van der Waals surface area contributed by atoms with Crippen LogP contribution in [0, 0.1) is 6.92 Å². The first-order valence-electron chi connectivity index (χ1n) is 5.54. The molecule has 0 aliphatic rings. The highest BCUT2D eigenvalue weighted by atomic mass is 16.5. The fraction of sp³-hybridized carbons (Fsp3) is 0.333. The van der Waals surface area contributed by atoms with Crippen LogP contribution in [-0.2, 0) is 4.79 Å². The average molecular weight is 247 g/mol. The summed E-state index contributed by atoms with van der Waals surface area (Å²) in [6.45, 7) is 3.67. The Morgan fingerprint density at radius 2 is 2.28 bits per heavy atom. The van der Waals surface area contributed by atoms with Crippen molar-refractivity contribution in [3.05, 3.63) is 29.8 Å². The molecule has 0 saturated heterocycles. The Hall–Kier alpha value is -2.24. The molecule has 0 saturated carbocycles. The number of aliphatic carboxylic acids is 1. The van der Waals surface area contributed by atoms with Crippen LogP contribution < -0.4 is 0 Å². The molecular weight excluding hydrogens is 234 g/mol. The maximum absolute atomic E-state index is 10.6. The molecule has 1 unspecified atom stereocenters. The molecule has 0 bridgehead atoms. The van der Waals surface area contributed by atoms with Gasteiger partial charge in [-0.15, -0.1) is 0 Å². The van der Waals surface area contributed by atoms with Crippen molar-refractivity contribution in [1.82, 2.24) is 15.1 Å². The first-order valence-corrected chi connectivity index (χ1v) is 5.54. The molecule has 0 aliphatic heterocycles. The number of aryl methyl sites for hydroxylation is 1. The minimum Gasteiger partial charge on any atom is -0.481 e. The van der Waals surface area contributed by atoms with Crippen molar-refractivity contribution in [2.75, 3.05) is 0 Å². The van der Waals surface area contributed by atoms with E-state index in [0.29, 0.717) is 17.4 Å². The minimum absolute atomic E-state index is 0.0387. The maximum Gasteiger partial charge on any atom is 0.304 e. The molecule has 1 N–H and O–H groups in total. The summed E-state index contributed by atoms with van der Waals surface area (Å²) in [5.41, 5.74) is 1.65. The SMILES string of the molecule is Cc1ccc(-c2noc(C(C)CC(=O)O)n2)nc1. The zero-order valence-electron chi connectivity index (χ0n) is 10.1. The van der Waals surface area contributed by atoms with Crippen molar-refractivity contribution in [3.63, 3.8) is 0 Å². The molecule has 2 aromatic rings. The zero-order chi connectivity index (χ0) is 13.1. The molecule has 2 heterocycles. The van der Waals surface area contributed by atoms with E-state index in [9.17, 15) is 4.79 Å². The highest BCUT2D eigenvalue weighted by Crippen LogP contribution is 2.20. The number of carboxylic acid groups (broad SMARTS) is 1. The van der Waals surface area contributed by atoms with Crippen LogP contribution >= 0.6 is 0 Å². The number of nitrogens with zero attached hydrogens (tertiary/aromatic N) is 3. The van der Waals surface area contributed by atoms with Crippen LogP contribution in [0.1, 0.15) is 30.7 Å². The first kappa shape index (κ1) is 12.2. The summed E-state index contributed by atoms with van der Waals surface area (Å²) in [4.78, 5) is 18.9. The summed E-state index contributed by atoms with van der Waals surface area (Å²) in [5.74, 6) is -0.512. The van der Waals surface area contributed by atoms with Crippen molar-refractivity contribution < 1.29 is 14.4 Å². The molecule has 94 valence electrons. The largest absolute Gasteiger partial charge is 0.481 e. The van der Waals surface area contributed by atoms with Gasteiger partial charge in [0.05, 0.1) is 6.42 Å². The average Bonchev–Trinajstić information content (AvgIpc) is 2.78. The van der Waals surface area contributed by atoms with E-state index < -0.39 is 5.97 Å². The molecule has 6 nitrogen and oxygen atoms in total. The molecule has 2 rings (SSSR count). The summed E-state index contributed by atoms with van der Waals surface area (Å²) < 4.78 is 5.05. The number of pyridine rings is 1. The Labute approximate surface area is 104 Å². The first-order chi connectivity index (χ1) is 8.56. The molecule has 0 amide bonds. The second-order valence-corrected chi connectivity index (χ2v) is 4.18. The number of rotatable bonds is 4. The third kappa shape index (κ3) is 2.71. The van der Waals surface area contributed by atoms with Gasteiger partial charge in [0.1, 0.15) is 5.69 Å². The topological polar surface area (TPSA) is 89.1 Å². The smallest absolute Gasteiger partial charge is 0.304 e. The standard InChI is InChI=1S/C12H13N3O3/c1-7-3-4-9(13-6-7)11-14-12(18-15-11)8(2)5-10(16)17/h3-4,6,8H,5H2,1-2H3,(H,16,17). The van der Waals surface area contributed by atoms with E-state index >= 15 is 0 Å². The lowest BCUT2D eigenvalue weighted by atomic mass is 10.1. The van der Waals surface area contributed by atoms with Crippen molar-refractivity contribution >= 4 is 5.97 Å². The number of carbonyl (C=O) groups is 1. The van der Waals surface area contributed by atoms with E-state index in [1.165, 1.54) is 0 Å². The molecule has 0 aliphatic carbocycles. The summed E-state index contributed by atoms with van der Waals surface area (Å²) in [7, 11) is 0. The Kier molecular flexibility index (Phi) is 3.36. The number of carboxylic acids is 1. The maximum atomic E-state index is 10.6. The molecule has 0 spiro atoms. The molecule has 18 heavy (non-hydrogen) atoms. The van der Waals surface area contributed by atoms with Crippen LogP contribution in [-0.4, -0.2) is 26.2 Å². The number of aromatic nitrogens is 3. The van der Waals surface area contributed by atoms with E-state index in [4.69, 9.17) is 9.63 Å². The van der Waals surface area contributed by atoms with Gasteiger partial charge in [0.25, 0.3) is 0 Å². The monoisotopic (exact) mass is 247 g/mol. The summed E-state index contributed by atoms with van der Waals surface area (Å²) in [5, 5.41) is 12.5. The van der Waals surface area contributed by atoms with Crippen molar-refractivity contribution in [1.29, 1.82) is 0 Å². The van der Waals surface area contributed by atoms with E-state index in [1.807, 2.05) is 13.0 Å². The lowest BCUT2D eigenvalue weighted by Gasteiger charge is -2.00. The van der Waals surface area contributed by atoms with Crippen LogP contribution in [0.15, 0.2) is 22.9 Å². The summed E-state index contributed by atoms with van der Waals surface area (Å²) in [6, 6.07) is 3.70. The van der Waals surface area contributed by atoms with Gasteiger partial charge in [0, 0.05) is 12.1 Å². The van der Waals surface area contributed by atoms with Gasteiger partial charge in [-0.05, 0) is 18.6 Å². The van der Waals surface area contributed by atoms with Gasteiger partial charge in [0.15, 0.2) is 0 Å². The lowest BCUT2D eigenvalue weighted by Crippen LogP contribution is -2.03. The molecular formula is C12H13N3O3. The fourth-order valence-electron chi connectivity index (χ4n) is 1.49. The second-order valence-electron chi connectivity index (χ2n) is 4.18.